The molecule has 7 nitrogen and oxygen atoms in total. The highest BCUT2D eigenvalue weighted by Crippen LogP contribution is 2.10. The van der Waals surface area contributed by atoms with E-state index in [1.54, 1.807) is 10.9 Å². The fourth-order valence-electron chi connectivity index (χ4n) is 1.68. The number of aromatic amines is 1. The van der Waals surface area contributed by atoms with Crippen LogP contribution in [0.25, 0.3) is 0 Å². The highest BCUT2D eigenvalue weighted by Gasteiger charge is 2.15. The molecular formula is C11H16N4O3S. The van der Waals surface area contributed by atoms with Crippen LogP contribution >= 0.6 is 0 Å². The van der Waals surface area contributed by atoms with Crippen LogP contribution in [0.15, 0.2) is 29.6 Å². The first-order valence-corrected chi connectivity index (χ1v) is 7.25. The van der Waals surface area contributed by atoms with Crippen LogP contribution in [-0.4, -0.2) is 34.8 Å². The lowest BCUT2D eigenvalue weighted by Gasteiger charge is -2.03. The Hall–Kier alpha value is -1.64. The Kier molecular flexibility index (Phi) is 4.03. The van der Waals surface area contributed by atoms with Gasteiger partial charge in [0.1, 0.15) is 0 Å². The number of aromatic nitrogens is 3. The maximum atomic E-state index is 11.9. The number of aryl methyl sites for hydroxylation is 1. The summed E-state index contributed by atoms with van der Waals surface area (Å²) >= 11 is 0. The third kappa shape index (κ3) is 3.43. The topological polar surface area (TPSA) is 100 Å². The quantitative estimate of drug-likeness (QED) is 0.681. The second-order valence-electron chi connectivity index (χ2n) is 4.19. The number of H-pyrrole nitrogens is 1. The van der Waals surface area contributed by atoms with Gasteiger partial charge in [-0.1, -0.05) is 0 Å². The third-order valence-electron chi connectivity index (χ3n) is 2.66. The van der Waals surface area contributed by atoms with Gasteiger partial charge < -0.3 is 10.1 Å². The number of hydrogen-bond donors (Lipinski definition) is 3. The molecule has 19 heavy (non-hydrogen) atoms. The van der Waals surface area contributed by atoms with Gasteiger partial charge in [-0.3, -0.25) is 4.68 Å². The summed E-state index contributed by atoms with van der Waals surface area (Å²) in [4.78, 5) is 2.82. The van der Waals surface area contributed by atoms with Gasteiger partial charge in [0, 0.05) is 31.7 Å². The number of nitrogens with zero attached hydrogens (tertiary/aromatic N) is 2. The van der Waals surface area contributed by atoms with Crippen LogP contribution in [0, 0.1) is 0 Å². The fraction of sp³-hybridized carbons (Fsp3) is 0.364. The van der Waals surface area contributed by atoms with Crippen molar-refractivity contribution in [3.8, 4) is 0 Å². The van der Waals surface area contributed by atoms with Crippen molar-refractivity contribution in [2.75, 3.05) is 6.54 Å². The van der Waals surface area contributed by atoms with Crippen molar-refractivity contribution in [2.45, 2.75) is 17.9 Å². The molecule has 0 radical (unpaired) electrons. The lowest BCUT2D eigenvalue weighted by Crippen LogP contribution is -2.25. The van der Waals surface area contributed by atoms with Crippen LogP contribution < -0.4 is 4.72 Å². The second-order valence-corrected chi connectivity index (χ2v) is 5.96. The van der Waals surface area contributed by atoms with E-state index in [0.717, 1.165) is 5.56 Å². The van der Waals surface area contributed by atoms with Gasteiger partial charge in [0.05, 0.1) is 17.7 Å². The number of rotatable bonds is 6. The molecule has 0 amide bonds. The molecule has 2 heterocycles. The van der Waals surface area contributed by atoms with E-state index in [1.807, 2.05) is 13.2 Å². The van der Waals surface area contributed by atoms with E-state index in [2.05, 4.69) is 14.8 Å². The molecule has 0 spiro atoms. The largest absolute Gasteiger partial charge is 0.390 e. The molecule has 2 aromatic heterocycles. The van der Waals surface area contributed by atoms with Crippen molar-refractivity contribution in [1.82, 2.24) is 19.5 Å². The van der Waals surface area contributed by atoms with Crippen molar-refractivity contribution in [3.05, 3.63) is 35.9 Å². The van der Waals surface area contributed by atoms with Crippen molar-refractivity contribution in [3.63, 3.8) is 0 Å². The predicted octanol–water partition coefficient (Wildman–Crippen LogP) is -0.239. The van der Waals surface area contributed by atoms with Gasteiger partial charge in [0.15, 0.2) is 0 Å². The zero-order chi connectivity index (χ0) is 13.9. The van der Waals surface area contributed by atoms with E-state index >= 15 is 0 Å². The molecule has 2 aromatic rings. The molecule has 0 fully saturated rings. The predicted molar refractivity (Wildman–Crippen MR) is 68.8 cm³/mol. The van der Waals surface area contributed by atoms with Crippen LogP contribution in [0.1, 0.15) is 11.3 Å². The normalized spacial score (nSPS) is 11.9. The van der Waals surface area contributed by atoms with E-state index in [4.69, 9.17) is 5.11 Å². The van der Waals surface area contributed by atoms with Crippen LogP contribution in [0.5, 0.6) is 0 Å². The molecule has 0 unspecified atom stereocenters. The zero-order valence-electron chi connectivity index (χ0n) is 10.5. The van der Waals surface area contributed by atoms with Gasteiger partial charge in [-0.15, -0.1) is 0 Å². The first kappa shape index (κ1) is 13.8. The van der Waals surface area contributed by atoms with Gasteiger partial charge in [-0.05, 0) is 18.1 Å². The standard InChI is InChI=1S/C11H16N4O3S/c1-15-7-9(5-13-15)2-3-14-19(17,18)11-4-10(8-16)12-6-11/h4-7,12,14,16H,2-3,8H2,1H3. The van der Waals surface area contributed by atoms with Gasteiger partial charge >= 0.3 is 0 Å². The maximum Gasteiger partial charge on any atom is 0.242 e. The average Bonchev–Trinajstić information content (AvgIpc) is 2.98. The van der Waals surface area contributed by atoms with E-state index in [-0.39, 0.29) is 11.5 Å². The van der Waals surface area contributed by atoms with Gasteiger partial charge in [0.2, 0.25) is 10.0 Å². The molecule has 0 saturated heterocycles. The fourth-order valence-corrected chi connectivity index (χ4v) is 2.73. The first-order chi connectivity index (χ1) is 9.01. The molecule has 8 heteroatoms. The van der Waals surface area contributed by atoms with Crippen LogP contribution in [0.2, 0.25) is 0 Å². The Morgan fingerprint density at radius 3 is 2.89 bits per heavy atom. The summed E-state index contributed by atoms with van der Waals surface area (Å²) in [5.74, 6) is 0. The molecule has 0 aromatic carbocycles. The molecule has 0 aliphatic heterocycles. The van der Waals surface area contributed by atoms with Gasteiger partial charge in [-0.25, -0.2) is 13.1 Å². The summed E-state index contributed by atoms with van der Waals surface area (Å²) in [6, 6.07) is 1.41. The second kappa shape index (κ2) is 5.55. The minimum absolute atomic E-state index is 0.128. The minimum atomic E-state index is -3.53. The van der Waals surface area contributed by atoms with Crippen molar-refractivity contribution >= 4 is 10.0 Å². The number of aliphatic hydroxyl groups excluding tert-OH is 1. The highest BCUT2D eigenvalue weighted by molar-refractivity contribution is 7.89. The van der Waals surface area contributed by atoms with Crippen LogP contribution in [0.3, 0.4) is 0 Å². The van der Waals surface area contributed by atoms with E-state index in [9.17, 15) is 8.42 Å². The number of hydrogen-bond acceptors (Lipinski definition) is 4. The smallest absolute Gasteiger partial charge is 0.242 e. The Morgan fingerprint density at radius 1 is 1.53 bits per heavy atom. The molecule has 3 N–H and O–H groups in total. The SMILES string of the molecule is Cn1cc(CCNS(=O)(=O)c2c[nH]c(CO)c2)cn1. The van der Waals surface area contributed by atoms with Crippen LogP contribution in [-0.2, 0) is 30.1 Å². The van der Waals surface area contributed by atoms with Crippen molar-refractivity contribution < 1.29 is 13.5 Å². The summed E-state index contributed by atoms with van der Waals surface area (Å²) in [6.45, 7) is 0.0822. The number of aliphatic hydroxyl groups is 1. The molecule has 0 atom stereocenters. The highest BCUT2D eigenvalue weighted by atomic mass is 32.2. The molecule has 104 valence electrons. The summed E-state index contributed by atoms with van der Waals surface area (Å²) in [5.41, 5.74) is 1.43. The molecule has 0 aliphatic carbocycles. The Bertz CT molecular complexity index is 644. The lowest BCUT2D eigenvalue weighted by molar-refractivity contribution is 0.277. The van der Waals surface area contributed by atoms with Crippen molar-refractivity contribution in [2.24, 2.45) is 7.05 Å². The van der Waals surface area contributed by atoms with Crippen molar-refractivity contribution in [1.29, 1.82) is 0 Å². The summed E-state index contributed by atoms with van der Waals surface area (Å²) in [5, 5.41) is 12.9. The summed E-state index contributed by atoms with van der Waals surface area (Å²) < 4.78 is 28.0. The van der Waals surface area contributed by atoms with Crippen LogP contribution in [0.4, 0.5) is 0 Å². The van der Waals surface area contributed by atoms with E-state index in [1.165, 1.54) is 12.3 Å². The van der Waals surface area contributed by atoms with E-state index in [0.29, 0.717) is 18.7 Å². The monoisotopic (exact) mass is 284 g/mol. The lowest BCUT2D eigenvalue weighted by atomic mass is 10.3. The Balaban J connectivity index is 1.94. The molecular weight excluding hydrogens is 268 g/mol. The van der Waals surface area contributed by atoms with Gasteiger partial charge in [-0.2, -0.15) is 5.10 Å². The Morgan fingerprint density at radius 2 is 2.32 bits per heavy atom. The first-order valence-electron chi connectivity index (χ1n) is 5.76. The number of nitrogens with one attached hydrogen (secondary N) is 2. The minimum Gasteiger partial charge on any atom is -0.390 e. The Labute approximate surface area is 111 Å². The third-order valence-corrected chi connectivity index (χ3v) is 4.10. The summed E-state index contributed by atoms with van der Waals surface area (Å²) in [7, 11) is -1.72. The van der Waals surface area contributed by atoms with E-state index < -0.39 is 10.0 Å². The summed E-state index contributed by atoms with van der Waals surface area (Å²) in [6.07, 6.45) is 5.48. The number of sulfonamides is 1. The molecule has 0 bridgehead atoms. The average molecular weight is 284 g/mol. The molecule has 0 aliphatic rings. The zero-order valence-corrected chi connectivity index (χ0v) is 11.3. The maximum absolute atomic E-state index is 11.9. The van der Waals surface area contributed by atoms with Gasteiger partial charge in [0.25, 0.3) is 0 Å². The molecule has 0 saturated carbocycles. The molecule has 2 rings (SSSR count).